The highest BCUT2D eigenvalue weighted by Gasteiger charge is 2.32. The summed E-state index contributed by atoms with van der Waals surface area (Å²) in [5, 5.41) is 0. The van der Waals surface area contributed by atoms with Gasteiger partial charge in [-0.3, -0.25) is 4.79 Å². The van der Waals surface area contributed by atoms with E-state index in [2.05, 4.69) is 4.18 Å². The summed E-state index contributed by atoms with van der Waals surface area (Å²) in [6, 6.07) is 13.0. The first-order valence-corrected chi connectivity index (χ1v) is 6.77. The Balaban J connectivity index is 2.10. The number of hydrogen-bond acceptors (Lipinski definition) is 5. The van der Waals surface area contributed by atoms with E-state index < -0.39 is 10.4 Å². The van der Waals surface area contributed by atoms with Crippen molar-refractivity contribution in [2.75, 3.05) is 0 Å². The molecule has 1 heterocycles. The number of fused-ring (bicyclic) bond motifs is 1. The molecule has 0 radical (unpaired) electrons. The van der Waals surface area contributed by atoms with Crippen molar-refractivity contribution in [1.82, 2.24) is 0 Å². The molecule has 0 bridgehead atoms. The van der Waals surface area contributed by atoms with Crippen molar-refractivity contribution >= 4 is 16.2 Å². The molecule has 0 fully saturated rings. The van der Waals surface area contributed by atoms with Crippen molar-refractivity contribution in [3.05, 3.63) is 59.7 Å². The van der Waals surface area contributed by atoms with Crippen LogP contribution in [0.15, 0.2) is 48.5 Å². The molecular weight excluding hydrogens is 268 g/mol. The van der Waals surface area contributed by atoms with Gasteiger partial charge in [-0.1, -0.05) is 36.4 Å². The molecular formula is C13H8O5S. The number of hydrogen-bond donors (Lipinski definition) is 0. The fraction of sp³-hybridized carbons (Fsp3) is 0. The standard InChI is InChI=1S/C13H8O5S/c14-12(9-5-2-1-3-6-9)10-7-4-8-11-13(10)18-19(15,16)17-11/h1-8H. The Bertz CT molecular complexity index is 750. The molecule has 0 spiro atoms. The monoisotopic (exact) mass is 276 g/mol. The molecule has 0 N–H and O–H groups in total. The highest BCUT2D eigenvalue weighted by molar-refractivity contribution is 7.82. The smallest absolute Gasteiger partial charge is 0.349 e. The Labute approximate surface area is 109 Å². The van der Waals surface area contributed by atoms with Crippen molar-refractivity contribution in [2.24, 2.45) is 0 Å². The molecule has 0 unspecified atom stereocenters. The summed E-state index contributed by atoms with van der Waals surface area (Å²) in [4.78, 5) is 12.3. The van der Waals surface area contributed by atoms with Crippen molar-refractivity contribution in [1.29, 1.82) is 0 Å². The minimum Gasteiger partial charge on any atom is -0.349 e. The molecule has 1 aliphatic rings. The lowest BCUT2D eigenvalue weighted by molar-refractivity contribution is 0.103. The molecule has 2 aromatic rings. The lowest BCUT2D eigenvalue weighted by atomic mass is 10.0. The van der Waals surface area contributed by atoms with Gasteiger partial charge in [-0.2, -0.15) is 0 Å². The molecule has 0 aromatic heterocycles. The largest absolute Gasteiger partial charge is 0.501 e. The summed E-state index contributed by atoms with van der Waals surface area (Å²) in [6.45, 7) is 0. The van der Waals surface area contributed by atoms with E-state index in [-0.39, 0.29) is 22.8 Å². The maximum absolute atomic E-state index is 12.3. The zero-order chi connectivity index (χ0) is 13.5. The fourth-order valence-corrected chi connectivity index (χ4v) is 2.58. The van der Waals surface area contributed by atoms with Gasteiger partial charge in [0.15, 0.2) is 11.5 Å². The Hall–Kier alpha value is -2.34. The summed E-state index contributed by atoms with van der Waals surface area (Å²) in [6.07, 6.45) is 0. The molecule has 3 rings (SSSR count). The molecule has 0 atom stereocenters. The molecule has 96 valence electrons. The van der Waals surface area contributed by atoms with Crippen LogP contribution in [-0.4, -0.2) is 14.2 Å². The third-order valence-electron chi connectivity index (χ3n) is 2.64. The highest BCUT2D eigenvalue weighted by atomic mass is 32.3. The quantitative estimate of drug-likeness (QED) is 0.784. The summed E-state index contributed by atoms with van der Waals surface area (Å²) in [5.41, 5.74) is 0.605. The van der Waals surface area contributed by atoms with Gasteiger partial charge in [-0.25, -0.2) is 0 Å². The molecule has 0 aliphatic carbocycles. The van der Waals surface area contributed by atoms with Crippen molar-refractivity contribution in [3.8, 4) is 11.5 Å². The van der Waals surface area contributed by atoms with E-state index in [9.17, 15) is 13.2 Å². The fourth-order valence-electron chi connectivity index (χ4n) is 1.82. The topological polar surface area (TPSA) is 69.7 Å². The summed E-state index contributed by atoms with van der Waals surface area (Å²) in [7, 11) is -4.10. The van der Waals surface area contributed by atoms with Crippen LogP contribution in [0, 0.1) is 0 Å². The molecule has 1 aliphatic heterocycles. The molecule has 2 aromatic carbocycles. The van der Waals surface area contributed by atoms with Crippen LogP contribution >= 0.6 is 0 Å². The average molecular weight is 276 g/mol. The van der Waals surface area contributed by atoms with Crippen LogP contribution in [-0.2, 0) is 10.4 Å². The summed E-state index contributed by atoms with van der Waals surface area (Å²) < 4.78 is 31.8. The Kier molecular flexibility index (Phi) is 2.53. The Morgan fingerprint density at radius 2 is 1.63 bits per heavy atom. The van der Waals surface area contributed by atoms with Crippen molar-refractivity contribution in [3.63, 3.8) is 0 Å². The van der Waals surface area contributed by atoms with Gasteiger partial charge in [0.25, 0.3) is 0 Å². The minimum atomic E-state index is -4.10. The van der Waals surface area contributed by atoms with Crippen molar-refractivity contribution < 1.29 is 21.6 Å². The molecule has 6 heteroatoms. The van der Waals surface area contributed by atoms with E-state index in [4.69, 9.17) is 4.18 Å². The minimum absolute atomic E-state index is 0.0294. The van der Waals surface area contributed by atoms with Gasteiger partial charge in [-0.15, -0.1) is 8.42 Å². The number of ketones is 1. The highest BCUT2D eigenvalue weighted by Crippen LogP contribution is 2.39. The second kappa shape index (κ2) is 4.10. The van der Waals surface area contributed by atoms with E-state index >= 15 is 0 Å². The first-order valence-electron chi connectivity index (χ1n) is 5.43. The number of rotatable bonds is 2. The molecule has 0 amide bonds. The third kappa shape index (κ3) is 2.06. The van der Waals surface area contributed by atoms with Crippen LogP contribution in [0.2, 0.25) is 0 Å². The van der Waals surface area contributed by atoms with Gasteiger partial charge < -0.3 is 8.37 Å². The third-order valence-corrected chi connectivity index (χ3v) is 3.39. The average Bonchev–Trinajstić information content (AvgIpc) is 2.72. The van der Waals surface area contributed by atoms with Crippen LogP contribution < -0.4 is 8.37 Å². The van der Waals surface area contributed by atoms with Crippen LogP contribution in [0.1, 0.15) is 15.9 Å². The predicted molar refractivity (Wildman–Crippen MR) is 66.5 cm³/mol. The first-order chi connectivity index (χ1) is 9.07. The number of carbonyl (C=O) groups excluding carboxylic acids is 1. The van der Waals surface area contributed by atoms with Gasteiger partial charge in [0.1, 0.15) is 0 Å². The molecule has 5 nitrogen and oxygen atoms in total. The van der Waals surface area contributed by atoms with Crippen LogP contribution in [0.5, 0.6) is 11.5 Å². The first kappa shape index (κ1) is 11.7. The summed E-state index contributed by atoms with van der Waals surface area (Å²) in [5.74, 6) is -0.351. The maximum atomic E-state index is 12.3. The molecule has 0 saturated carbocycles. The number of para-hydroxylation sites is 1. The molecule has 19 heavy (non-hydrogen) atoms. The number of benzene rings is 2. The van der Waals surface area contributed by atoms with Gasteiger partial charge in [-0.05, 0) is 12.1 Å². The van der Waals surface area contributed by atoms with Crippen LogP contribution in [0.3, 0.4) is 0 Å². The van der Waals surface area contributed by atoms with E-state index in [1.165, 1.54) is 12.1 Å². The van der Waals surface area contributed by atoms with Crippen molar-refractivity contribution in [2.45, 2.75) is 0 Å². The van der Waals surface area contributed by atoms with Crippen LogP contribution in [0.25, 0.3) is 0 Å². The lowest BCUT2D eigenvalue weighted by Gasteiger charge is -2.03. The van der Waals surface area contributed by atoms with Gasteiger partial charge in [0, 0.05) is 5.56 Å². The normalized spacial score (nSPS) is 15.2. The van der Waals surface area contributed by atoms with Crippen LogP contribution in [0.4, 0.5) is 0 Å². The molecule has 0 saturated heterocycles. The van der Waals surface area contributed by atoms with E-state index in [1.54, 1.807) is 36.4 Å². The van der Waals surface area contributed by atoms with E-state index in [0.29, 0.717) is 5.56 Å². The van der Waals surface area contributed by atoms with Gasteiger partial charge in [0.2, 0.25) is 5.75 Å². The van der Waals surface area contributed by atoms with E-state index in [0.717, 1.165) is 0 Å². The SMILES string of the molecule is O=C(c1ccccc1)c1cccc2c1OS(=O)(=O)O2. The van der Waals surface area contributed by atoms with E-state index in [1.807, 2.05) is 0 Å². The maximum Gasteiger partial charge on any atom is 0.501 e. The zero-order valence-corrected chi connectivity index (χ0v) is 10.4. The number of carbonyl (C=O) groups is 1. The lowest BCUT2D eigenvalue weighted by Crippen LogP contribution is -2.09. The predicted octanol–water partition coefficient (Wildman–Crippen LogP) is 1.93. The van der Waals surface area contributed by atoms with Gasteiger partial charge >= 0.3 is 10.4 Å². The second-order valence-corrected chi connectivity index (χ2v) is 5.05. The zero-order valence-electron chi connectivity index (χ0n) is 9.57. The Morgan fingerprint density at radius 3 is 2.37 bits per heavy atom. The second-order valence-electron chi connectivity index (χ2n) is 3.90. The Morgan fingerprint density at radius 1 is 0.895 bits per heavy atom. The van der Waals surface area contributed by atoms with Gasteiger partial charge in [0.05, 0.1) is 5.56 Å². The summed E-state index contributed by atoms with van der Waals surface area (Å²) >= 11 is 0.